The van der Waals surface area contributed by atoms with Crippen LogP contribution in [0.15, 0.2) is 66.2 Å². The molecule has 0 saturated carbocycles. The number of carbonyl (C=O) groups is 1. The van der Waals surface area contributed by atoms with E-state index in [1.807, 2.05) is 60.0 Å². The van der Waals surface area contributed by atoms with Gasteiger partial charge in [-0.15, -0.1) is 11.3 Å². The van der Waals surface area contributed by atoms with Crippen LogP contribution in [0.1, 0.15) is 5.69 Å². The highest BCUT2D eigenvalue weighted by Crippen LogP contribution is 2.26. The topological polar surface area (TPSA) is 54.9 Å². The van der Waals surface area contributed by atoms with Crippen LogP contribution in [0.25, 0.3) is 21.5 Å². The number of aromatic nitrogens is 2. The molecule has 0 radical (unpaired) electrons. The molecular formula is C20H14ClN3OS. The first-order valence-electron chi connectivity index (χ1n) is 8.03. The van der Waals surface area contributed by atoms with Gasteiger partial charge in [0.05, 0.1) is 23.3 Å². The number of anilines is 1. The Balaban J connectivity index is 1.49. The molecule has 0 saturated heterocycles. The summed E-state index contributed by atoms with van der Waals surface area (Å²) in [6.07, 6.45) is 1.93. The van der Waals surface area contributed by atoms with Gasteiger partial charge in [0.15, 0.2) is 0 Å². The van der Waals surface area contributed by atoms with Gasteiger partial charge in [0.2, 0.25) is 5.91 Å². The number of hydrogen-bond donors (Lipinski definition) is 1. The molecule has 128 valence electrons. The molecule has 0 aliphatic heterocycles. The smallest absolute Gasteiger partial charge is 0.230 e. The number of nitrogens with one attached hydrogen (secondary N) is 1. The van der Waals surface area contributed by atoms with Gasteiger partial charge in [-0.25, -0.2) is 4.98 Å². The molecule has 2 aromatic carbocycles. The molecule has 4 nitrogen and oxygen atoms in total. The molecule has 0 unspecified atom stereocenters. The van der Waals surface area contributed by atoms with Crippen molar-refractivity contribution < 1.29 is 4.79 Å². The van der Waals surface area contributed by atoms with Crippen molar-refractivity contribution in [1.29, 1.82) is 0 Å². The second-order valence-electron chi connectivity index (χ2n) is 5.76. The number of nitrogens with zero attached hydrogens (tertiary/aromatic N) is 2. The Kier molecular flexibility index (Phi) is 4.65. The minimum Gasteiger partial charge on any atom is -0.324 e. The molecule has 0 fully saturated rings. The zero-order chi connectivity index (χ0) is 17.9. The van der Waals surface area contributed by atoms with E-state index >= 15 is 0 Å². The number of fused-ring (bicyclic) bond motifs is 1. The summed E-state index contributed by atoms with van der Waals surface area (Å²) < 4.78 is 0. The maximum absolute atomic E-state index is 12.4. The Labute approximate surface area is 159 Å². The minimum atomic E-state index is -0.115. The SMILES string of the molecule is O=C(Cc1csc(-c2ccc(Cl)cc2)n1)Nc1cccc2cccnc12. The molecule has 2 heterocycles. The lowest BCUT2D eigenvalue weighted by Crippen LogP contribution is -2.15. The van der Waals surface area contributed by atoms with Crippen LogP contribution in [-0.4, -0.2) is 15.9 Å². The lowest BCUT2D eigenvalue weighted by Gasteiger charge is -2.07. The van der Waals surface area contributed by atoms with E-state index in [2.05, 4.69) is 15.3 Å². The molecule has 0 aliphatic carbocycles. The average molecular weight is 380 g/mol. The van der Waals surface area contributed by atoms with E-state index in [-0.39, 0.29) is 12.3 Å². The zero-order valence-electron chi connectivity index (χ0n) is 13.6. The Hall–Kier alpha value is -2.76. The third kappa shape index (κ3) is 3.59. The number of hydrogen-bond acceptors (Lipinski definition) is 4. The van der Waals surface area contributed by atoms with Crippen LogP contribution in [0.4, 0.5) is 5.69 Å². The molecule has 0 atom stereocenters. The Morgan fingerprint density at radius 2 is 1.88 bits per heavy atom. The normalized spacial score (nSPS) is 10.8. The van der Waals surface area contributed by atoms with Crippen molar-refractivity contribution in [1.82, 2.24) is 9.97 Å². The van der Waals surface area contributed by atoms with Crippen molar-refractivity contribution in [2.45, 2.75) is 6.42 Å². The number of rotatable bonds is 4. The summed E-state index contributed by atoms with van der Waals surface area (Å²) in [4.78, 5) is 21.3. The van der Waals surface area contributed by atoms with E-state index in [0.717, 1.165) is 27.2 Å². The molecule has 0 aliphatic rings. The number of carbonyl (C=O) groups excluding carboxylic acids is 1. The van der Waals surface area contributed by atoms with Crippen molar-refractivity contribution >= 4 is 45.4 Å². The maximum Gasteiger partial charge on any atom is 0.230 e. The van der Waals surface area contributed by atoms with E-state index in [1.54, 1.807) is 6.20 Å². The average Bonchev–Trinajstić information content (AvgIpc) is 3.11. The van der Waals surface area contributed by atoms with Crippen LogP contribution < -0.4 is 5.32 Å². The van der Waals surface area contributed by atoms with Gasteiger partial charge in [0.1, 0.15) is 5.01 Å². The molecule has 1 amide bonds. The highest BCUT2D eigenvalue weighted by molar-refractivity contribution is 7.13. The van der Waals surface area contributed by atoms with Gasteiger partial charge in [-0.3, -0.25) is 9.78 Å². The number of halogens is 1. The predicted molar refractivity (Wildman–Crippen MR) is 107 cm³/mol. The Morgan fingerprint density at radius 3 is 2.73 bits per heavy atom. The molecule has 2 aromatic heterocycles. The summed E-state index contributed by atoms with van der Waals surface area (Å²) in [5.41, 5.74) is 3.22. The van der Waals surface area contributed by atoms with Crippen LogP contribution in [0.5, 0.6) is 0 Å². The molecule has 6 heteroatoms. The highest BCUT2D eigenvalue weighted by Gasteiger charge is 2.11. The van der Waals surface area contributed by atoms with Gasteiger partial charge in [-0.05, 0) is 24.3 Å². The van der Waals surface area contributed by atoms with E-state index in [4.69, 9.17) is 11.6 Å². The molecule has 4 rings (SSSR count). The van der Waals surface area contributed by atoms with Gasteiger partial charge < -0.3 is 5.32 Å². The second-order valence-corrected chi connectivity index (χ2v) is 7.05. The molecular weight excluding hydrogens is 366 g/mol. The fraction of sp³-hybridized carbons (Fsp3) is 0.0500. The first-order valence-corrected chi connectivity index (χ1v) is 9.29. The van der Waals surface area contributed by atoms with Crippen LogP contribution in [0.2, 0.25) is 5.02 Å². The van der Waals surface area contributed by atoms with E-state index in [1.165, 1.54) is 11.3 Å². The quantitative estimate of drug-likeness (QED) is 0.530. The first-order chi connectivity index (χ1) is 12.7. The maximum atomic E-state index is 12.4. The molecule has 0 spiro atoms. The number of thiazole rings is 1. The largest absolute Gasteiger partial charge is 0.324 e. The fourth-order valence-corrected chi connectivity index (χ4v) is 3.63. The van der Waals surface area contributed by atoms with Crippen molar-refractivity contribution in [3.63, 3.8) is 0 Å². The summed E-state index contributed by atoms with van der Waals surface area (Å²) in [5.74, 6) is -0.115. The summed E-state index contributed by atoms with van der Waals surface area (Å²) >= 11 is 7.43. The van der Waals surface area contributed by atoms with Crippen LogP contribution >= 0.6 is 22.9 Å². The second kappa shape index (κ2) is 7.23. The van der Waals surface area contributed by atoms with Gasteiger partial charge in [0.25, 0.3) is 0 Å². The number of amides is 1. The first kappa shape index (κ1) is 16.7. The Morgan fingerprint density at radius 1 is 1.08 bits per heavy atom. The van der Waals surface area contributed by atoms with Crippen molar-refractivity contribution in [3.05, 3.63) is 76.9 Å². The summed E-state index contributed by atoms with van der Waals surface area (Å²) in [7, 11) is 0. The third-order valence-corrected chi connectivity index (χ3v) is 5.08. The Bertz CT molecular complexity index is 1070. The number of pyridine rings is 1. The fourth-order valence-electron chi connectivity index (χ4n) is 2.68. The van der Waals surface area contributed by atoms with Gasteiger partial charge in [-0.1, -0.05) is 41.9 Å². The molecule has 1 N–H and O–H groups in total. The molecule has 26 heavy (non-hydrogen) atoms. The monoisotopic (exact) mass is 379 g/mol. The van der Waals surface area contributed by atoms with Gasteiger partial charge >= 0.3 is 0 Å². The minimum absolute atomic E-state index is 0.115. The predicted octanol–water partition coefficient (Wildman–Crippen LogP) is 5.19. The lowest BCUT2D eigenvalue weighted by molar-refractivity contribution is -0.115. The summed E-state index contributed by atoms with van der Waals surface area (Å²) in [6, 6.07) is 17.1. The van der Waals surface area contributed by atoms with E-state index in [9.17, 15) is 4.79 Å². The number of para-hydroxylation sites is 1. The third-order valence-electron chi connectivity index (χ3n) is 3.89. The lowest BCUT2D eigenvalue weighted by atomic mass is 10.2. The van der Waals surface area contributed by atoms with Gasteiger partial charge in [-0.2, -0.15) is 0 Å². The highest BCUT2D eigenvalue weighted by atomic mass is 35.5. The van der Waals surface area contributed by atoms with Crippen molar-refractivity contribution in [3.8, 4) is 10.6 Å². The van der Waals surface area contributed by atoms with Crippen LogP contribution in [0, 0.1) is 0 Å². The van der Waals surface area contributed by atoms with E-state index < -0.39 is 0 Å². The van der Waals surface area contributed by atoms with E-state index in [0.29, 0.717) is 10.7 Å². The number of benzene rings is 2. The molecule has 4 aromatic rings. The van der Waals surface area contributed by atoms with Crippen molar-refractivity contribution in [2.24, 2.45) is 0 Å². The summed E-state index contributed by atoms with van der Waals surface area (Å²) in [6.45, 7) is 0. The zero-order valence-corrected chi connectivity index (χ0v) is 15.2. The van der Waals surface area contributed by atoms with Crippen LogP contribution in [0.3, 0.4) is 0 Å². The standard InChI is InChI=1S/C20H14ClN3OS/c21-15-8-6-14(7-9-15)20-23-16(12-26-20)11-18(25)24-17-5-1-3-13-4-2-10-22-19(13)17/h1-10,12H,11H2,(H,24,25). The molecule has 0 bridgehead atoms. The van der Waals surface area contributed by atoms with Crippen LogP contribution in [-0.2, 0) is 11.2 Å². The summed E-state index contributed by atoms with van der Waals surface area (Å²) in [5, 5.41) is 7.39. The van der Waals surface area contributed by atoms with Gasteiger partial charge in [0, 0.05) is 27.5 Å². The van der Waals surface area contributed by atoms with Crippen molar-refractivity contribution in [2.75, 3.05) is 5.32 Å².